The van der Waals surface area contributed by atoms with Gasteiger partial charge in [-0.15, -0.1) is 0 Å². The summed E-state index contributed by atoms with van der Waals surface area (Å²) in [6, 6.07) is 0. The van der Waals surface area contributed by atoms with Gasteiger partial charge in [0.1, 0.15) is 66.1 Å². The molecule has 35 heteroatoms. The van der Waals surface area contributed by atoms with Gasteiger partial charge < -0.3 is 61.2 Å². The topological polar surface area (TPSA) is 455 Å². The molecule has 3 saturated heterocycles. The van der Waals surface area contributed by atoms with E-state index in [1.54, 1.807) is 0 Å². The lowest BCUT2D eigenvalue weighted by molar-refractivity contribution is -0.0640. The number of phosphoric ester groups is 3. The van der Waals surface area contributed by atoms with Crippen molar-refractivity contribution in [3.63, 3.8) is 0 Å². The summed E-state index contributed by atoms with van der Waals surface area (Å²) in [6.45, 7) is -2.09. The number of phosphoric acid groups is 3. The zero-order chi connectivity index (χ0) is 46.0. The molecule has 3 aliphatic heterocycles. The second-order valence-electron chi connectivity index (χ2n) is 14.7. The summed E-state index contributed by atoms with van der Waals surface area (Å²) in [7, 11) is -15.1. The number of nitrogen functional groups attached to an aromatic ring is 3. The molecule has 0 aromatic carbocycles. The summed E-state index contributed by atoms with van der Waals surface area (Å²) in [6.07, 6.45) is -6.75. The Balaban J connectivity index is 0.891. The van der Waals surface area contributed by atoms with E-state index in [1.165, 1.54) is 39.0 Å². The highest BCUT2D eigenvalue weighted by Crippen LogP contribution is 2.53. The number of ether oxygens (including phenoxy) is 3. The lowest BCUT2D eigenvalue weighted by atomic mass is 10.1. The van der Waals surface area contributed by atoms with E-state index in [2.05, 4.69) is 49.4 Å². The zero-order valence-electron chi connectivity index (χ0n) is 32.9. The fourth-order valence-corrected chi connectivity index (χ4v) is 9.76. The number of nitrogens with two attached hydrogens (primary N) is 3. The molecule has 0 radical (unpaired) electrons. The van der Waals surface area contributed by atoms with Crippen molar-refractivity contribution in [2.75, 3.05) is 37.0 Å². The molecule has 6 aromatic rings. The number of nitrogens with zero attached hydrogens (tertiary/aromatic N) is 12. The predicted octanol–water partition coefficient (Wildman–Crippen LogP) is -1.44. The molecule has 0 bridgehead atoms. The number of aliphatic hydroxyl groups is 2. The van der Waals surface area contributed by atoms with Crippen LogP contribution in [0, 0.1) is 0 Å². The first-order valence-corrected chi connectivity index (χ1v) is 23.5. The molecule has 65 heavy (non-hydrogen) atoms. The maximum absolute atomic E-state index is 13.6. The van der Waals surface area contributed by atoms with Gasteiger partial charge in [-0.05, 0) is 0 Å². The summed E-state index contributed by atoms with van der Waals surface area (Å²) in [4.78, 5) is 77.1. The normalized spacial score (nSPS) is 29.3. The Hall–Kier alpha value is -4.82. The Morgan fingerprint density at radius 1 is 0.554 bits per heavy atom. The molecule has 0 spiro atoms. The first-order chi connectivity index (χ1) is 30.8. The average molecular weight is 974 g/mol. The predicted molar refractivity (Wildman–Crippen MR) is 211 cm³/mol. The Kier molecular flexibility index (Phi) is 12.2. The zero-order valence-corrected chi connectivity index (χ0v) is 35.6. The van der Waals surface area contributed by atoms with Crippen molar-refractivity contribution in [3.8, 4) is 0 Å². The Morgan fingerprint density at radius 3 is 1.38 bits per heavy atom. The van der Waals surface area contributed by atoms with Crippen molar-refractivity contribution in [1.82, 2.24) is 58.6 Å². The van der Waals surface area contributed by atoms with Crippen molar-refractivity contribution in [2.24, 2.45) is 0 Å². The number of hydrogen-bond acceptors (Lipinski definition) is 25. The van der Waals surface area contributed by atoms with Crippen molar-refractivity contribution >= 4 is 74.4 Å². The van der Waals surface area contributed by atoms with Gasteiger partial charge in [-0.3, -0.25) is 36.3 Å². The van der Waals surface area contributed by atoms with Crippen LogP contribution in [0.25, 0.3) is 33.5 Å². The standard InChI is InChI=1S/C30H38N15O17P3/c31-22-17-25(37-6-34-22)43(9-40-17)28-14(1-12(58-28)3-55-63(48,49)50)61-64(51,52)56-4-13-2-15(29(59-13)44-10-41-18-23(32)35-7-38-26(18)44)62-65(53,54)57-5-16-20(46)21(47)30(60-16)45-11-42-19-24(33)36-8-39-27(19)45/h6-16,20-21,28-30,46-47H,1-5H2,(H,51,52)(H,53,54)(H2,31,34,37)(H2,32,35,38)(H2,33,36,39)(H2,48,49,50)/t12-,13-,14+,15+,16+,20+,21+,28+,29+,30+/m0/s1. The molecule has 350 valence electrons. The number of aliphatic hydroxyl groups excluding tert-OH is 2. The first-order valence-electron chi connectivity index (χ1n) is 19.0. The molecule has 2 unspecified atom stereocenters. The van der Waals surface area contributed by atoms with Crippen LogP contribution in [0.4, 0.5) is 17.5 Å². The summed E-state index contributed by atoms with van der Waals surface area (Å²) in [5.41, 5.74) is 18.7. The van der Waals surface area contributed by atoms with Gasteiger partial charge in [0.2, 0.25) is 0 Å². The molecule has 0 amide bonds. The van der Waals surface area contributed by atoms with E-state index in [4.69, 9.17) is 49.5 Å². The fourth-order valence-electron chi connectivity index (χ4n) is 7.52. The van der Waals surface area contributed by atoms with Crippen molar-refractivity contribution in [2.45, 2.75) is 74.3 Å². The third-order valence-electron chi connectivity index (χ3n) is 10.4. The number of fused-ring (bicyclic) bond motifs is 3. The SMILES string of the molecule is Nc1ncnc2c1ncn2[C@@H]1O[C@H](COP(=O)(O)O[C@@H]2C[C@@H](COP(=O)(O)O[C@@H]3C[C@@H](COP(=O)(O)O)O[C@H]3n3cnc4c(N)ncnc43)O[C@H]2n2cnc3c(N)ncnc32)[C@@H](O)[C@H]1O. The molecule has 32 nitrogen and oxygen atoms in total. The van der Waals surface area contributed by atoms with E-state index in [0.29, 0.717) is 0 Å². The monoisotopic (exact) mass is 973 g/mol. The highest BCUT2D eigenvalue weighted by molar-refractivity contribution is 7.47. The van der Waals surface area contributed by atoms with Crippen LogP contribution in [-0.4, -0.2) is 151 Å². The lowest BCUT2D eigenvalue weighted by Crippen LogP contribution is -2.33. The van der Waals surface area contributed by atoms with E-state index in [1.807, 2.05) is 0 Å². The quantitative estimate of drug-likeness (QED) is 0.0502. The van der Waals surface area contributed by atoms with Crippen LogP contribution in [-0.2, 0) is 50.5 Å². The molecule has 0 aliphatic carbocycles. The molecule has 12 atom stereocenters. The minimum atomic E-state index is -5.11. The molecule has 9 rings (SSSR count). The smallest absolute Gasteiger partial charge is 0.387 e. The minimum Gasteiger partial charge on any atom is -0.387 e. The molecular weight excluding hydrogens is 935 g/mol. The highest BCUT2D eigenvalue weighted by Gasteiger charge is 2.48. The Labute approximate surface area is 362 Å². The third kappa shape index (κ3) is 9.31. The second-order valence-corrected chi connectivity index (χ2v) is 18.7. The van der Waals surface area contributed by atoms with Gasteiger partial charge in [-0.1, -0.05) is 0 Å². The van der Waals surface area contributed by atoms with E-state index in [9.17, 15) is 43.5 Å². The summed E-state index contributed by atoms with van der Waals surface area (Å²) in [5.74, 6) is 0.0697. The van der Waals surface area contributed by atoms with Crippen LogP contribution in [0.3, 0.4) is 0 Å². The van der Waals surface area contributed by atoms with Crippen LogP contribution in [0.5, 0.6) is 0 Å². The summed E-state index contributed by atoms with van der Waals surface area (Å²) < 4.78 is 86.7. The average Bonchev–Trinajstić information content (AvgIpc) is 4.11. The molecule has 9 heterocycles. The van der Waals surface area contributed by atoms with E-state index >= 15 is 0 Å². The Morgan fingerprint density at radius 2 is 0.954 bits per heavy atom. The molecule has 6 aromatic heterocycles. The lowest BCUT2D eigenvalue weighted by Gasteiger charge is -2.23. The molecule has 0 saturated carbocycles. The largest absolute Gasteiger partial charge is 0.472 e. The first kappa shape index (κ1) is 45.3. The number of anilines is 3. The minimum absolute atomic E-state index is 0.00168. The van der Waals surface area contributed by atoms with Gasteiger partial charge in [0.15, 0.2) is 53.1 Å². The van der Waals surface area contributed by atoms with Crippen LogP contribution in [0.1, 0.15) is 31.5 Å². The third-order valence-corrected chi connectivity index (χ3v) is 12.9. The van der Waals surface area contributed by atoms with Crippen LogP contribution in [0.15, 0.2) is 38.0 Å². The van der Waals surface area contributed by atoms with Gasteiger partial charge >= 0.3 is 23.5 Å². The van der Waals surface area contributed by atoms with Gasteiger partial charge in [-0.25, -0.2) is 58.6 Å². The number of hydrogen-bond donors (Lipinski definition) is 9. The van der Waals surface area contributed by atoms with Gasteiger partial charge in [0.25, 0.3) is 0 Å². The van der Waals surface area contributed by atoms with Crippen LogP contribution < -0.4 is 17.2 Å². The van der Waals surface area contributed by atoms with Gasteiger partial charge in [0.05, 0.1) is 51.0 Å². The molecule has 3 fully saturated rings. The maximum atomic E-state index is 13.6. The van der Waals surface area contributed by atoms with Crippen LogP contribution >= 0.6 is 23.5 Å². The summed E-state index contributed by atoms with van der Waals surface area (Å²) in [5, 5.41) is 21.7. The number of aromatic nitrogens is 12. The van der Waals surface area contributed by atoms with Crippen molar-refractivity contribution < 1.29 is 80.3 Å². The van der Waals surface area contributed by atoms with E-state index in [0.717, 1.165) is 12.7 Å². The highest BCUT2D eigenvalue weighted by atomic mass is 31.2. The molecular formula is C30H38N15O17P3. The number of rotatable bonds is 16. The number of imidazole rings is 3. The summed E-state index contributed by atoms with van der Waals surface area (Å²) >= 11 is 0. The van der Waals surface area contributed by atoms with Crippen molar-refractivity contribution in [3.05, 3.63) is 38.0 Å². The van der Waals surface area contributed by atoms with Crippen molar-refractivity contribution in [1.29, 1.82) is 0 Å². The molecule has 3 aliphatic rings. The van der Waals surface area contributed by atoms with E-state index in [-0.39, 0.29) is 63.8 Å². The molecule has 12 N–H and O–H groups in total. The van der Waals surface area contributed by atoms with Gasteiger partial charge in [0, 0.05) is 12.8 Å². The maximum Gasteiger partial charge on any atom is 0.472 e. The second kappa shape index (κ2) is 17.4. The van der Waals surface area contributed by atoms with E-state index < -0.39 is 105 Å². The Bertz CT molecular complexity index is 2870. The fraction of sp³-hybridized carbons (Fsp3) is 0.500. The van der Waals surface area contributed by atoms with Gasteiger partial charge in [-0.2, -0.15) is 0 Å². The van der Waals surface area contributed by atoms with Crippen LogP contribution in [0.2, 0.25) is 0 Å².